The Morgan fingerprint density at radius 2 is 1.84 bits per heavy atom. The van der Waals surface area contributed by atoms with Crippen LogP contribution in [0.3, 0.4) is 0 Å². The molecule has 0 saturated carbocycles. The molecule has 2 aromatic rings. The molecule has 1 fully saturated rings. The summed E-state index contributed by atoms with van der Waals surface area (Å²) in [4.78, 5) is 14.8. The predicted molar refractivity (Wildman–Crippen MR) is 104 cm³/mol. The third-order valence-corrected chi connectivity index (χ3v) is 5.21. The predicted octanol–water partition coefficient (Wildman–Crippen LogP) is 5.07. The van der Waals surface area contributed by atoms with Crippen molar-refractivity contribution in [3.8, 4) is 0 Å². The number of benzene rings is 2. The number of nitrogens with zero attached hydrogens (tertiary/aromatic N) is 1. The van der Waals surface area contributed by atoms with E-state index >= 15 is 0 Å². The molecule has 1 heterocycles. The number of halogens is 1. The van der Waals surface area contributed by atoms with E-state index in [1.54, 1.807) is 24.3 Å². The standard InChI is InChI=1S/C21H25ClN2O/c1-15-10-12-24(13-11-15)20-8-6-17(7-9-20)16(2)23-21(25)18-4-3-5-19(22)14-18/h3-9,14-16H,10-13H2,1-2H3,(H,23,25)/t16-/m0/s1. The van der Waals surface area contributed by atoms with Crippen LogP contribution in [0.5, 0.6) is 0 Å². The van der Waals surface area contributed by atoms with Gasteiger partial charge in [0.25, 0.3) is 5.91 Å². The minimum absolute atomic E-state index is 0.0538. The van der Waals surface area contributed by atoms with Crippen LogP contribution in [-0.2, 0) is 0 Å². The summed E-state index contributed by atoms with van der Waals surface area (Å²) in [6.45, 7) is 6.58. The summed E-state index contributed by atoms with van der Waals surface area (Å²) >= 11 is 5.96. The van der Waals surface area contributed by atoms with Gasteiger partial charge in [-0.05, 0) is 61.6 Å². The SMILES string of the molecule is CC1CCN(c2ccc([C@H](C)NC(=O)c3cccc(Cl)c3)cc2)CC1. The molecule has 1 aliphatic rings. The molecule has 0 spiro atoms. The molecule has 1 aliphatic heterocycles. The van der Waals surface area contributed by atoms with Gasteiger partial charge in [0.15, 0.2) is 0 Å². The van der Waals surface area contributed by atoms with Gasteiger partial charge in [-0.15, -0.1) is 0 Å². The minimum atomic E-state index is -0.107. The van der Waals surface area contributed by atoms with E-state index in [1.165, 1.54) is 18.5 Å². The average Bonchev–Trinajstić information content (AvgIpc) is 2.62. The molecule has 0 bridgehead atoms. The van der Waals surface area contributed by atoms with Gasteiger partial charge in [-0.2, -0.15) is 0 Å². The van der Waals surface area contributed by atoms with Gasteiger partial charge in [-0.3, -0.25) is 4.79 Å². The third kappa shape index (κ3) is 4.55. The lowest BCUT2D eigenvalue weighted by molar-refractivity contribution is 0.0940. The van der Waals surface area contributed by atoms with Crippen molar-refractivity contribution in [3.63, 3.8) is 0 Å². The zero-order chi connectivity index (χ0) is 17.8. The van der Waals surface area contributed by atoms with Crippen molar-refractivity contribution in [3.05, 3.63) is 64.7 Å². The highest BCUT2D eigenvalue weighted by molar-refractivity contribution is 6.30. The van der Waals surface area contributed by atoms with Crippen molar-refractivity contribution in [2.75, 3.05) is 18.0 Å². The Bertz CT molecular complexity index is 721. The highest BCUT2D eigenvalue weighted by Gasteiger charge is 2.17. The van der Waals surface area contributed by atoms with Gasteiger partial charge in [0.05, 0.1) is 6.04 Å². The Morgan fingerprint density at radius 3 is 2.48 bits per heavy atom. The quantitative estimate of drug-likeness (QED) is 0.829. The fourth-order valence-electron chi connectivity index (χ4n) is 3.23. The van der Waals surface area contributed by atoms with Crippen molar-refractivity contribution < 1.29 is 4.79 Å². The molecule has 3 rings (SSSR count). The second-order valence-corrected chi connectivity index (χ2v) is 7.40. The molecular formula is C21H25ClN2O. The molecule has 0 aromatic heterocycles. The number of amides is 1. The van der Waals surface area contributed by atoms with Gasteiger partial charge in [0.1, 0.15) is 0 Å². The first-order chi connectivity index (χ1) is 12.0. The van der Waals surface area contributed by atoms with Crippen LogP contribution in [0.15, 0.2) is 48.5 Å². The maximum atomic E-state index is 12.3. The smallest absolute Gasteiger partial charge is 0.251 e. The molecule has 4 heteroatoms. The van der Waals surface area contributed by atoms with Crippen molar-refractivity contribution in [2.24, 2.45) is 5.92 Å². The van der Waals surface area contributed by atoms with E-state index in [4.69, 9.17) is 11.6 Å². The van der Waals surface area contributed by atoms with Gasteiger partial charge in [-0.1, -0.05) is 36.7 Å². The van der Waals surface area contributed by atoms with Crippen LogP contribution in [0.25, 0.3) is 0 Å². The maximum Gasteiger partial charge on any atom is 0.251 e. The Morgan fingerprint density at radius 1 is 1.16 bits per heavy atom. The van der Waals surface area contributed by atoms with E-state index in [1.807, 2.05) is 6.92 Å². The summed E-state index contributed by atoms with van der Waals surface area (Å²) in [7, 11) is 0. The fourth-order valence-corrected chi connectivity index (χ4v) is 3.42. The lowest BCUT2D eigenvalue weighted by atomic mass is 9.98. The first-order valence-corrected chi connectivity index (χ1v) is 9.32. The molecule has 1 amide bonds. The molecular weight excluding hydrogens is 332 g/mol. The van der Waals surface area contributed by atoms with Gasteiger partial charge < -0.3 is 10.2 Å². The van der Waals surface area contributed by atoms with Gasteiger partial charge in [-0.25, -0.2) is 0 Å². The normalized spacial score (nSPS) is 16.5. The van der Waals surface area contributed by atoms with Gasteiger partial charge in [0, 0.05) is 29.4 Å². The monoisotopic (exact) mass is 356 g/mol. The van der Waals surface area contributed by atoms with E-state index in [2.05, 4.69) is 41.4 Å². The van der Waals surface area contributed by atoms with Crippen LogP contribution in [0.4, 0.5) is 5.69 Å². The highest BCUT2D eigenvalue weighted by atomic mass is 35.5. The van der Waals surface area contributed by atoms with Crippen LogP contribution in [0.1, 0.15) is 48.7 Å². The van der Waals surface area contributed by atoms with Crippen molar-refractivity contribution in [1.29, 1.82) is 0 Å². The van der Waals surface area contributed by atoms with Crippen LogP contribution < -0.4 is 10.2 Å². The van der Waals surface area contributed by atoms with E-state index in [0.717, 1.165) is 24.6 Å². The van der Waals surface area contributed by atoms with Gasteiger partial charge in [0.2, 0.25) is 0 Å². The van der Waals surface area contributed by atoms with Crippen LogP contribution in [0, 0.1) is 5.92 Å². The molecule has 3 nitrogen and oxygen atoms in total. The Hall–Kier alpha value is -2.00. The zero-order valence-electron chi connectivity index (χ0n) is 14.8. The Kier molecular flexibility index (Phi) is 5.64. The summed E-state index contributed by atoms with van der Waals surface area (Å²) in [6.07, 6.45) is 2.52. The first kappa shape index (κ1) is 17.8. The molecule has 25 heavy (non-hydrogen) atoms. The van der Waals surface area contributed by atoms with Gasteiger partial charge >= 0.3 is 0 Å². The number of carbonyl (C=O) groups is 1. The van der Waals surface area contributed by atoms with Crippen LogP contribution in [-0.4, -0.2) is 19.0 Å². The average molecular weight is 357 g/mol. The summed E-state index contributed by atoms with van der Waals surface area (Å²) in [5, 5.41) is 3.60. The molecule has 1 saturated heterocycles. The fraction of sp³-hybridized carbons (Fsp3) is 0.381. The summed E-state index contributed by atoms with van der Waals surface area (Å²) in [5.41, 5.74) is 2.95. The third-order valence-electron chi connectivity index (χ3n) is 4.98. The number of piperidine rings is 1. The summed E-state index contributed by atoms with van der Waals surface area (Å²) < 4.78 is 0. The highest BCUT2D eigenvalue weighted by Crippen LogP contribution is 2.24. The van der Waals surface area contributed by atoms with Crippen molar-refractivity contribution in [1.82, 2.24) is 5.32 Å². The lowest BCUT2D eigenvalue weighted by Crippen LogP contribution is -2.32. The maximum absolute atomic E-state index is 12.3. The Labute approximate surface area is 155 Å². The number of carbonyl (C=O) groups excluding carboxylic acids is 1. The topological polar surface area (TPSA) is 32.3 Å². The molecule has 1 atom stereocenters. The van der Waals surface area contributed by atoms with E-state index in [9.17, 15) is 4.79 Å². The van der Waals surface area contributed by atoms with Crippen molar-refractivity contribution in [2.45, 2.75) is 32.7 Å². The number of anilines is 1. The molecule has 1 N–H and O–H groups in total. The molecule has 0 unspecified atom stereocenters. The molecule has 2 aromatic carbocycles. The number of hydrogen-bond donors (Lipinski definition) is 1. The zero-order valence-corrected chi connectivity index (χ0v) is 15.6. The second-order valence-electron chi connectivity index (χ2n) is 6.97. The minimum Gasteiger partial charge on any atom is -0.372 e. The summed E-state index contributed by atoms with van der Waals surface area (Å²) in [5.74, 6) is 0.723. The number of hydrogen-bond acceptors (Lipinski definition) is 2. The molecule has 0 radical (unpaired) electrons. The lowest BCUT2D eigenvalue weighted by Gasteiger charge is -2.32. The first-order valence-electron chi connectivity index (χ1n) is 8.94. The molecule has 0 aliphatic carbocycles. The van der Waals surface area contributed by atoms with Crippen LogP contribution >= 0.6 is 11.6 Å². The van der Waals surface area contributed by atoms with Crippen molar-refractivity contribution >= 4 is 23.2 Å². The Balaban J connectivity index is 1.62. The second kappa shape index (κ2) is 7.92. The van der Waals surface area contributed by atoms with Crippen LogP contribution in [0.2, 0.25) is 5.02 Å². The number of nitrogens with one attached hydrogen (secondary N) is 1. The summed E-state index contributed by atoms with van der Waals surface area (Å²) in [6, 6.07) is 15.5. The van der Waals surface area contributed by atoms with E-state index in [-0.39, 0.29) is 11.9 Å². The molecule has 132 valence electrons. The van der Waals surface area contributed by atoms with E-state index in [0.29, 0.717) is 10.6 Å². The number of rotatable bonds is 4. The van der Waals surface area contributed by atoms with E-state index < -0.39 is 0 Å². The largest absolute Gasteiger partial charge is 0.372 e.